The lowest BCUT2D eigenvalue weighted by atomic mass is 10.1. The minimum absolute atomic E-state index is 0.0104. The molecular formula is C16H14N6O3. The zero-order valence-electron chi connectivity index (χ0n) is 13.0. The Bertz CT molecular complexity index is 923. The summed E-state index contributed by atoms with van der Waals surface area (Å²) in [6.45, 7) is 0.207. The first-order valence-electron chi connectivity index (χ1n) is 7.30. The lowest BCUT2D eigenvalue weighted by molar-refractivity contribution is -0.383. The Balaban J connectivity index is 1.78. The maximum atomic E-state index is 12.3. The number of imidazole rings is 1. The van der Waals surface area contributed by atoms with E-state index >= 15 is 0 Å². The summed E-state index contributed by atoms with van der Waals surface area (Å²) in [5.74, 6) is 0.201. The Hall–Kier alpha value is -3.75. The van der Waals surface area contributed by atoms with Crippen LogP contribution < -0.4 is 11.1 Å². The quantitative estimate of drug-likeness (QED) is 0.414. The highest BCUT2D eigenvalue weighted by Gasteiger charge is 2.16. The fourth-order valence-corrected chi connectivity index (χ4v) is 2.31. The van der Waals surface area contributed by atoms with Gasteiger partial charge in [0.25, 0.3) is 11.6 Å². The second-order valence-electron chi connectivity index (χ2n) is 5.17. The summed E-state index contributed by atoms with van der Waals surface area (Å²) in [5.41, 5.74) is 6.19. The van der Waals surface area contributed by atoms with Crippen LogP contribution in [0.5, 0.6) is 0 Å². The second kappa shape index (κ2) is 6.79. The van der Waals surface area contributed by atoms with Crippen LogP contribution in [0, 0.1) is 10.1 Å². The molecule has 2 aromatic heterocycles. The topological polar surface area (TPSA) is 129 Å². The number of aromatic nitrogens is 3. The number of nitro benzene ring substituents is 1. The minimum atomic E-state index is -0.621. The number of benzene rings is 1. The molecule has 1 aromatic carbocycles. The monoisotopic (exact) mass is 338 g/mol. The second-order valence-corrected chi connectivity index (χ2v) is 5.17. The van der Waals surface area contributed by atoms with E-state index in [1.807, 2.05) is 6.07 Å². The van der Waals surface area contributed by atoms with Crippen molar-refractivity contribution in [2.24, 2.45) is 0 Å². The molecular weight excluding hydrogens is 324 g/mol. The van der Waals surface area contributed by atoms with Crippen molar-refractivity contribution in [3.8, 4) is 5.82 Å². The van der Waals surface area contributed by atoms with Crippen LogP contribution in [0.3, 0.4) is 0 Å². The number of pyridine rings is 1. The summed E-state index contributed by atoms with van der Waals surface area (Å²) in [6.07, 6.45) is 6.63. The molecule has 0 aliphatic heterocycles. The molecule has 0 spiro atoms. The van der Waals surface area contributed by atoms with Gasteiger partial charge in [0.1, 0.15) is 17.8 Å². The molecule has 0 saturated heterocycles. The fourth-order valence-electron chi connectivity index (χ4n) is 2.31. The lowest BCUT2D eigenvalue weighted by Gasteiger charge is -2.10. The van der Waals surface area contributed by atoms with Crippen LogP contribution in [-0.2, 0) is 6.54 Å². The van der Waals surface area contributed by atoms with Crippen molar-refractivity contribution in [3.05, 3.63) is 76.5 Å². The number of rotatable bonds is 5. The first-order chi connectivity index (χ1) is 12.1. The molecule has 0 aliphatic carbocycles. The van der Waals surface area contributed by atoms with Crippen molar-refractivity contribution in [2.45, 2.75) is 6.54 Å². The predicted octanol–water partition coefficient (Wildman–Crippen LogP) is 1.69. The van der Waals surface area contributed by atoms with Crippen molar-refractivity contribution in [1.29, 1.82) is 0 Å². The van der Waals surface area contributed by atoms with Crippen LogP contribution in [-0.4, -0.2) is 25.4 Å². The van der Waals surface area contributed by atoms with Gasteiger partial charge in [0.2, 0.25) is 0 Å². The van der Waals surface area contributed by atoms with E-state index in [-0.39, 0.29) is 23.5 Å². The summed E-state index contributed by atoms with van der Waals surface area (Å²) in [7, 11) is 0. The highest BCUT2D eigenvalue weighted by atomic mass is 16.6. The van der Waals surface area contributed by atoms with Gasteiger partial charge in [-0.3, -0.25) is 19.5 Å². The van der Waals surface area contributed by atoms with E-state index in [4.69, 9.17) is 5.73 Å². The Morgan fingerprint density at radius 3 is 2.88 bits per heavy atom. The molecule has 0 bridgehead atoms. The SMILES string of the molecule is Nc1ccc(C(=O)NCc2cccnc2-n2ccnc2)cc1[N+](=O)[O-]. The van der Waals surface area contributed by atoms with Gasteiger partial charge in [0.15, 0.2) is 0 Å². The summed E-state index contributed by atoms with van der Waals surface area (Å²) >= 11 is 0. The Kier molecular flexibility index (Phi) is 4.38. The molecule has 0 unspecified atom stereocenters. The number of hydrogen-bond donors (Lipinski definition) is 2. The number of carbonyl (C=O) groups excluding carboxylic acids is 1. The van der Waals surface area contributed by atoms with Gasteiger partial charge in [-0.2, -0.15) is 0 Å². The van der Waals surface area contributed by atoms with Crippen LogP contribution >= 0.6 is 0 Å². The maximum Gasteiger partial charge on any atom is 0.292 e. The zero-order chi connectivity index (χ0) is 17.8. The highest BCUT2D eigenvalue weighted by molar-refractivity contribution is 5.95. The molecule has 9 nitrogen and oxygen atoms in total. The number of hydrogen-bond acceptors (Lipinski definition) is 6. The number of nitrogens with two attached hydrogens (primary N) is 1. The average Bonchev–Trinajstić information content (AvgIpc) is 3.14. The fraction of sp³-hybridized carbons (Fsp3) is 0.0625. The van der Waals surface area contributed by atoms with Crippen LogP contribution in [0.15, 0.2) is 55.2 Å². The van der Waals surface area contributed by atoms with Crippen molar-refractivity contribution in [1.82, 2.24) is 19.9 Å². The average molecular weight is 338 g/mol. The Labute approximate surface area is 142 Å². The first-order valence-corrected chi connectivity index (χ1v) is 7.30. The van der Waals surface area contributed by atoms with Gasteiger partial charge in [-0.1, -0.05) is 6.07 Å². The molecule has 9 heteroatoms. The van der Waals surface area contributed by atoms with Crippen molar-refractivity contribution < 1.29 is 9.72 Å². The van der Waals surface area contributed by atoms with E-state index in [9.17, 15) is 14.9 Å². The lowest BCUT2D eigenvalue weighted by Crippen LogP contribution is -2.23. The third-order valence-electron chi connectivity index (χ3n) is 3.55. The molecule has 25 heavy (non-hydrogen) atoms. The number of amides is 1. The van der Waals surface area contributed by atoms with Gasteiger partial charge >= 0.3 is 0 Å². The van der Waals surface area contributed by atoms with Crippen molar-refractivity contribution in [2.75, 3.05) is 5.73 Å². The van der Waals surface area contributed by atoms with E-state index in [1.54, 1.807) is 35.6 Å². The van der Waals surface area contributed by atoms with E-state index in [1.165, 1.54) is 12.1 Å². The number of nitrogens with one attached hydrogen (secondary N) is 1. The summed E-state index contributed by atoms with van der Waals surface area (Å²) in [5, 5.41) is 13.7. The minimum Gasteiger partial charge on any atom is -0.393 e. The van der Waals surface area contributed by atoms with Crippen LogP contribution in [0.4, 0.5) is 11.4 Å². The van der Waals surface area contributed by atoms with Gasteiger partial charge in [-0.15, -0.1) is 0 Å². The number of nitrogens with zero attached hydrogens (tertiary/aromatic N) is 4. The van der Waals surface area contributed by atoms with Gasteiger partial charge in [-0.05, 0) is 18.2 Å². The molecule has 0 radical (unpaired) electrons. The van der Waals surface area contributed by atoms with Gasteiger partial charge < -0.3 is 11.1 Å². The summed E-state index contributed by atoms with van der Waals surface area (Å²) in [4.78, 5) is 30.9. The number of nitrogen functional groups attached to an aromatic ring is 1. The molecule has 0 aliphatic rings. The predicted molar refractivity (Wildman–Crippen MR) is 90.0 cm³/mol. The maximum absolute atomic E-state index is 12.3. The molecule has 3 rings (SSSR count). The van der Waals surface area contributed by atoms with E-state index < -0.39 is 10.8 Å². The molecule has 1 amide bonds. The number of nitro groups is 1. The largest absolute Gasteiger partial charge is 0.393 e. The van der Waals surface area contributed by atoms with Crippen molar-refractivity contribution in [3.63, 3.8) is 0 Å². The van der Waals surface area contributed by atoms with Gasteiger partial charge in [-0.25, -0.2) is 9.97 Å². The molecule has 3 aromatic rings. The molecule has 2 heterocycles. The molecule has 0 saturated carbocycles. The standard InChI is InChI=1S/C16H14N6O3/c17-13-4-3-11(8-14(13)22(24)25)16(23)20-9-12-2-1-5-19-15(12)21-7-6-18-10-21/h1-8,10H,9,17H2,(H,20,23). The number of anilines is 1. The van der Waals surface area contributed by atoms with Crippen molar-refractivity contribution >= 4 is 17.3 Å². The molecule has 0 fully saturated rings. The van der Waals surface area contributed by atoms with Crippen LogP contribution in [0.1, 0.15) is 15.9 Å². The third kappa shape index (κ3) is 3.44. The normalized spacial score (nSPS) is 10.4. The molecule has 0 atom stereocenters. The smallest absolute Gasteiger partial charge is 0.292 e. The van der Waals surface area contributed by atoms with E-state index in [0.717, 1.165) is 11.6 Å². The molecule has 3 N–H and O–H groups in total. The summed E-state index contributed by atoms with van der Waals surface area (Å²) in [6, 6.07) is 7.53. The van der Waals surface area contributed by atoms with Crippen LogP contribution in [0.2, 0.25) is 0 Å². The van der Waals surface area contributed by atoms with E-state index in [2.05, 4.69) is 15.3 Å². The molecule has 126 valence electrons. The highest BCUT2D eigenvalue weighted by Crippen LogP contribution is 2.22. The third-order valence-corrected chi connectivity index (χ3v) is 3.55. The zero-order valence-corrected chi connectivity index (χ0v) is 13.0. The van der Waals surface area contributed by atoms with Gasteiger partial charge in [0.05, 0.1) is 4.92 Å². The Morgan fingerprint density at radius 1 is 1.32 bits per heavy atom. The number of carbonyl (C=O) groups is 1. The van der Waals surface area contributed by atoms with Crippen LogP contribution in [0.25, 0.3) is 5.82 Å². The first kappa shape index (κ1) is 16.1. The van der Waals surface area contributed by atoms with Gasteiger partial charge in [0, 0.05) is 42.3 Å². The summed E-state index contributed by atoms with van der Waals surface area (Å²) < 4.78 is 1.73. The Morgan fingerprint density at radius 2 is 2.16 bits per heavy atom. The van der Waals surface area contributed by atoms with E-state index in [0.29, 0.717) is 5.82 Å².